The zero-order valence-electron chi connectivity index (χ0n) is 12.9. The van der Waals surface area contributed by atoms with Crippen molar-refractivity contribution in [3.05, 3.63) is 35.9 Å². The summed E-state index contributed by atoms with van der Waals surface area (Å²) in [6, 6.07) is 4.02. The van der Waals surface area contributed by atoms with E-state index in [9.17, 15) is 13.6 Å². The van der Waals surface area contributed by atoms with E-state index in [1.54, 1.807) is 4.68 Å². The summed E-state index contributed by atoms with van der Waals surface area (Å²) < 4.78 is 36.3. The van der Waals surface area contributed by atoms with Crippen molar-refractivity contribution in [2.45, 2.75) is 32.0 Å². The number of ether oxygens (including phenoxy) is 2. The van der Waals surface area contributed by atoms with E-state index in [1.165, 1.54) is 31.6 Å². The number of alkyl halides is 2. The van der Waals surface area contributed by atoms with E-state index in [0.29, 0.717) is 25.1 Å². The summed E-state index contributed by atoms with van der Waals surface area (Å²) in [5.74, 6) is 0.486. The molecule has 1 atom stereocenters. The van der Waals surface area contributed by atoms with Crippen LogP contribution in [0.15, 0.2) is 24.5 Å². The van der Waals surface area contributed by atoms with Crippen LogP contribution < -0.4 is 14.8 Å². The second-order valence-electron chi connectivity index (χ2n) is 5.31. The fraction of sp³-hybridized carbons (Fsp3) is 0.400. The maximum Gasteiger partial charge on any atom is 0.387 e. The van der Waals surface area contributed by atoms with Gasteiger partial charge in [0.2, 0.25) is 0 Å². The van der Waals surface area contributed by atoms with Gasteiger partial charge in [-0.25, -0.2) is 9.67 Å². The zero-order valence-corrected chi connectivity index (χ0v) is 12.9. The third kappa shape index (κ3) is 3.44. The molecule has 0 saturated heterocycles. The molecule has 1 aromatic carbocycles. The number of fused-ring (bicyclic) bond motifs is 1. The topological polar surface area (TPSA) is 78.3 Å². The first-order valence-corrected chi connectivity index (χ1v) is 7.37. The molecular weight excluding hydrogens is 322 g/mol. The number of aryl methyl sites for hydroxylation is 1. The Morgan fingerprint density at radius 1 is 1.46 bits per heavy atom. The van der Waals surface area contributed by atoms with E-state index in [4.69, 9.17) is 4.74 Å². The number of methoxy groups -OCH3 is 1. The van der Waals surface area contributed by atoms with Crippen LogP contribution in [-0.2, 0) is 13.0 Å². The number of aromatic nitrogens is 3. The first-order chi connectivity index (χ1) is 11.6. The molecule has 0 aliphatic carbocycles. The molecule has 0 bridgehead atoms. The van der Waals surface area contributed by atoms with E-state index >= 15 is 0 Å². The van der Waals surface area contributed by atoms with Gasteiger partial charge in [-0.3, -0.25) is 4.79 Å². The summed E-state index contributed by atoms with van der Waals surface area (Å²) in [4.78, 5) is 16.6. The highest BCUT2D eigenvalue weighted by Gasteiger charge is 2.24. The molecule has 7 nitrogen and oxygen atoms in total. The molecule has 128 valence electrons. The van der Waals surface area contributed by atoms with Gasteiger partial charge in [0.05, 0.1) is 19.2 Å². The Labute approximate surface area is 136 Å². The monoisotopic (exact) mass is 338 g/mol. The van der Waals surface area contributed by atoms with E-state index in [-0.39, 0.29) is 17.4 Å². The highest BCUT2D eigenvalue weighted by Crippen LogP contribution is 2.26. The third-order valence-corrected chi connectivity index (χ3v) is 3.79. The fourth-order valence-electron chi connectivity index (χ4n) is 2.63. The fourth-order valence-corrected chi connectivity index (χ4v) is 2.63. The normalized spacial score (nSPS) is 16.6. The van der Waals surface area contributed by atoms with Crippen molar-refractivity contribution in [1.29, 1.82) is 0 Å². The lowest BCUT2D eigenvalue weighted by Gasteiger charge is -2.24. The third-order valence-electron chi connectivity index (χ3n) is 3.79. The average Bonchev–Trinajstić information content (AvgIpc) is 3.01. The minimum atomic E-state index is -3.03. The maximum atomic E-state index is 12.6. The molecule has 24 heavy (non-hydrogen) atoms. The number of halogens is 2. The van der Waals surface area contributed by atoms with Crippen molar-refractivity contribution in [3.8, 4) is 11.5 Å². The molecule has 1 unspecified atom stereocenters. The van der Waals surface area contributed by atoms with Crippen LogP contribution in [-0.4, -0.2) is 40.4 Å². The van der Waals surface area contributed by atoms with Crippen LogP contribution in [0.2, 0.25) is 0 Å². The molecule has 1 amide bonds. The van der Waals surface area contributed by atoms with Crippen LogP contribution in [0.25, 0.3) is 0 Å². The number of rotatable bonds is 5. The molecule has 0 saturated carbocycles. The van der Waals surface area contributed by atoms with Gasteiger partial charge < -0.3 is 14.8 Å². The van der Waals surface area contributed by atoms with E-state index in [1.807, 2.05) is 0 Å². The predicted octanol–water partition coefficient (Wildman–Crippen LogP) is 1.63. The molecular formula is C15H16F2N4O3. The van der Waals surface area contributed by atoms with E-state index in [0.717, 1.165) is 5.82 Å². The smallest absolute Gasteiger partial charge is 0.387 e. The Morgan fingerprint density at radius 3 is 3.04 bits per heavy atom. The largest absolute Gasteiger partial charge is 0.497 e. The standard InChI is InChI=1S/C15H16F2N4O3/c1-23-10-3-4-11(12(6-10)24-15(16)17)14(22)20-9-2-5-13-18-8-19-21(13)7-9/h3-4,6,8-9,15H,2,5,7H2,1H3,(H,20,22). The van der Waals surface area contributed by atoms with Gasteiger partial charge in [-0.15, -0.1) is 0 Å². The van der Waals surface area contributed by atoms with Gasteiger partial charge in [0.15, 0.2) is 0 Å². The molecule has 9 heteroatoms. The minimum absolute atomic E-state index is 0.0282. The number of benzene rings is 1. The summed E-state index contributed by atoms with van der Waals surface area (Å²) in [6.07, 6.45) is 2.86. The Hall–Kier alpha value is -2.71. The van der Waals surface area contributed by atoms with Crippen molar-refractivity contribution in [2.75, 3.05) is 7.11 Å². The quantitative estimate of drug-likeness (QED) is 0.897. The molecule has 2 aromatic rings. The van der Waals surface area contributed by atoms with Crippen LogP contribution in [0, 0.1) is 0 Å². The zero-order chi connectivity index (χ0) is 17.1. The number of amides is 1. The van der Waals surface area contributed by atoms with Gasteiger partial charge in [-0.1, -0.05) is 0 Å². The summed E-state index contributed by atoms with van der Waals surface area (Å²) in [5.41, 5.74) is 0.0282. The second-order valence-corrected chi connectivity index (χ2v) is 5.31. The van der Waals surface area contributed by atoms with Gasteiger partial charge in [-0.2, -0.15) is 13.9 Å². The van der Waals surface area contributed by atoms with E-state index in [2.05, 4.69) is 20.1 Å². The van der Waals surface area contributed by atoms with Crippen LogP contribution in [0.3, 0.4) is 0 Å². The van der Waals surface area contributed by atoms with Crippen LogP contribution >= 0.6 is 0 Å². The van der Waals surface area contributed by atoms with Crippen molar-refractivity contribution in [3.63, 3.8) is 0 Å². The van der Waals surface area contributed by atoms with Crippen molar-refractivity contribution < 1.29 is 23.0 Å². The summed E-state index contributed by atoms with van der Waals surface area (Å²) in [7, 11) is 1.40. The van der Waals surface area contributed by atoms with Crippen LogP contribution in [0.4, 0.5) is 8.78 Å². The van der Waals surface area contributed by atoms with Crippen molar-refractivity contribution in [2.24, 2.45) is 0 Å². The highest BCUT2D eigenvalue weighted by molar-refractivity contribution is 5.97. The Kier molecular flexibility index (Phi) is 4.59. The lowest BCUT2D eigenvalue weighted by Crippen LogP contribution is -2.41. The summed E-state index contributed by atoms with van der Waals surface area (Å²) in [6.45, 7) is -2.54. The van der Waals surface area contributed by atoms with Crippen molar-refractivity contribution >= 4 is 5.91 Å². The lowest BCUT2D eigenvalue weighted by atomic mass is 10.1. The first kappa shape index (κ1) is 16.2. The number of hydrogen-bond donors (Lipinski definition) is 1. The number of carbonyl (C=O) groups excluding carboxylic acids is 1. The van der Waals surface area contributed by atoms with Gasteiger partial charge in [-0.05, 0) is 18.6 Å². The number of nitrogens with zero attached hydrogens (tertiary/aromatic N) is 3. The SMILES string of the molecule is COc1ccc(C(=O)NC2CCc3ncnn3C2)c(OC(F)F)c1. The molecule has 0 fully saturated rings. The molecule has 1 aliphatic heterocycles. The van der Waals surface area contributed by atoms with Gasteiger partial charge in [0.1, 0.15) is 23.7 Å². The van der Waals surface area contributed by atoms with Gasteiger partial charge in [0, 0.05) is 18.5 Å². The summed E-state index contributed by atoms with van der Waals surface area (Å²) in [5, 5.41) is 6.90. The molecule has 1 aromatic heterocycles. The molecule has 2 heterocycles. The van der Waals surface area contributed by atoms with Gasteiger partial charge >= 0.3 is 6.61 Å². The number of carbonyl (C=O) groups is 1. The van der Waals surface area contributed by atoms with Crippen LogP contribution in [0.1, 0.15) is 22.6 Å². The summed E-state index contributed by atoms with van der Waals surface area (Å²) >= 11 is 0. The number of nitrogens with one attached hydrogen (secondary N) is 1. The van der Waals surface area contributed by atoms with Crippen LogP contribution in [0.5, 0.6) is 11.5 Å². The molecule has 3 rings (SSSR count). The predicted molar refractivity (Wildman–Crippen MR) is 79.2 cm³/mol. The highest BCUT2D eigenvalue weighted by atomic mass is 19.3. The minimum Gasteiger partial charge on any atom is -0.497 e. The Bertz CT molecular complexity index is 735. The lowest BCUT2D eigenvalue weighted by molar-refractivity contribution is -0.0502. The number of hydrogen-bond acceptors (Lipinski definition) is 5. The van der Waals surface area contributed by atoms with E-state index < -0.39 is 12.5 Å². The Morgan fingerprint density at radius 2 is 2.29 bits per heavy atom. The molecule has 0 radical (unpaired) electrons. The molecule has 0 spiro atoms. The van der Waals surface area contributed by atoms with Crippen molar-refractivity contribution in [1.82, 2.24) is 20.1 Å². The van der Waals surface area contributed by atoms with Gasteiger partial charge in [0.25, 0.3) is 5.91 Å². The maximum absolute atomic E-state index is 12.6. The Balaban J connectivity index is 1.75. The second kappa shape index (κ2) is 6.81. The first-order valence-electron chi connectivity index (χ1n) is 7.37. The molecule has 1 aliphatic rings. The molecule has 1 N–H and O–H groups in total. The average molecular weight is 338 g/mol.